The van der Waals surface area contributed by atoms with Gasteiger partial charge in [-0.05, 0) is 49.4 Å². The highest BCUT2D eigenvalue weighted by Crippen LogP contribution is 2.44. The van der Waals surface area contributed by atoms with E-state index in [0.717, 1.165) is 36.9 Å². The van der Waals surface area contributed by atoms with Gasteiger partial charge in [0.2, 0.25) is 18.6 Å². The number of pyridine rings is 1. The number of aliphatic hydroxyl groups excluding tert-OH is 1. The number of anilines is 1. The summed E-state index contributed by atoms with van der Waals surface area (Å²) in [6.45, 7) is 3.93. The Balaban J connectivity index is 1.46. The molecule has 3 aliphatic rings. The first-order valence-electron chi connectivity index (χ1n) is 15.3. The minimum Gasteiger partial charge on any atom is -0.481 e. The van der Waals surface area contributed by atoms with Crippen molar-refractivity contribution in [1.82, 2.24) is 9.80 Å². The van der Waals surface area contributed by atoms with Crippen LogP contribution in [0.4, 0.5) is 5.69 Å². The number of hydrogen-bond acceptors (Lipinski definition) is 7. The molecule has 0 unspecified atom stereocenters. The van der Waals surface area contributed by atoms with Crippen LogP contribution in [0.3, 0.4) is 0 Å². The van der Waals surface area contributed by atoms with Gasteiger partial charge in [-0.15, -0.1) is 0 Å². The van der Waals surface area contributed by atoms with E-state index >= 15 is 0 Å². The fourth-order valence-electron chi connectivity index (χ4n) is 6.72. The average molecular weight is 596 g/mol. The Kier molecular flexibility index (Phi) is 9.82. The predicted molar refractivity (Wildman–Crippen MR) is 158 cm³/mol. The van der Waals surface area contributed by atoms with E-state index in [1.165, 1.54) is 0 Å². The predicted octanol–water partition coefficient (Wildman–Crippen LogP) is 2.44. The number of ether oxygens (including phenoxy) is 2. The van der Waals surface area contributed by atoms with Gasteiger partial charge in [0, 0.05) is 56.2 Å². The van der Waals surface area contributed by atoms with Crippen LogP contribution in [-0.2, 0) is 28.0 Å². The number of nitrogens with zero attached hydrogens (tertiary/aromatic N) is 4. The summed E-state index contributed by atoms with van der Waals surface area (Å²) >= 11 is 0. The highest BCUT2D eigenvalue weighted by atomic mass is 16.7. The monoisotopic (exact) mass is 595 g/mol. The molecule has 232 valence electrons. The number of aliphatic carboxylic acids is 1. The van der Waals surface area contributed by atoms with Crippen LogP contribution < -0.4 is 18.9 Å². The summed E-state index contributed by atoms with van der Waals surface area (Å²) in [5, 5.41) is 20.6. The van der Waals surface area contributed by atoms with Crippen LogP contribution in [0.1, 0.15) is 62.5 Å². The molecule has 2 fully saturated rings. The molecule has 4 heterocycles. The molecule has 1 aromatic carbocycles. The number of rotatable bonds is 12. The van der Waals surface area contributed by atoms with E-state index in [1.54, 1.807) is 17.0 Å². The van der Waals surface area contributed by atoms with E-state index in [1.807, 2.05) is 45.9 Å². The van der Waals surface area contributed by atoms with Gasteiger partial charge in [-0.2, -0.15) is 0 Å². The molecule has 0 bridgehead atoms. The molecule has 0 spiro atoms. The molecule has 11 nitrogen and oxygen atoms in total. The Bertz CT molecular complexity index is 1330. The molecule has 0 saturated carbocycles. The first-order chi connectivity index (χ1) is 20.8. The van der Waals surface area contributed by atoms with Crippen molar-refractivity contribution >= 4 is 23.5 Å². The van der Waals surface area contributed by atoms with Crippen molar-refractivity contribution in [3.63, 3.8) is 0 Å². The van der Waals surface area contributed by atoms with Gasteiger partial charge >= 0.3 is 5.97 Å². The van der Waals surface area contributed by atoms with Crippen molar-refractivity contribution in [2.75, 3.05) is 44.4 Å². The molecule has 1 aromatic heterocycles. The molecule has 2 amide bonds. The quantitative estimate of drug-likeness (QED) is 0.359. The zero-order chi connectivity index (χ0) is 30.5. The summed E-state index contributed by atoms with van der Waals surface area (Å²) in [6.07, 6.45) is 8.37. The number of fused-ring (bicyclic) bond motifs is 1. The molecule has 2 saturated heterocycles. The normalized spacial score (nSPS) is 21.8. The van der Waals surface area contributed by atoms with Gasteiger partial charge < -0.3 is 29.5 Å². The van der Waals surface area contributed by atoms with E-state index in [0.29, 0.717) is 56.1 Å². The van der Waals surface area contributed by atoms with E-state index in [-0.39, 0.29) is 31.8 Å². The van der Waals surface area contributed by atoms with Gasteiger partial charge in [-0.3, -0.25) is 19.3 Å². The minimum absolute atomic E-state index is 0.0385. The van der Waals surface area contributed by atoms with Crippen molar-refractivity contribution in [3.05, 3.63) is 47.8 Å². The van der Waals surface area contributed by atoms with Crippen molar-refractivity contribution in [1.29, 1.82) is 0 Å². The number of carboxylic acid groups (broad SMARTS) is 1. The highest BCUT2D eigenvalue weighted by molar-refractivity contribution is 5.94. The van der Waals surface area contributed by atoms with Gasteiger partial charge in [0.1, 0.15) is 12.7 Å². The number of carbonyl (C=O) groups excluding carboxylic acids is 2. The largest absolute Gasteiger partial charge is 0.481 e. The van der Waals surface area contributed by atoms with Crippen LogP contribution in [0, 0.1) is 5.92 Å². The zero-order valence-electron chi connectivity index (χ0n) is 25.1. The molecule has 2 N–H and O–H groups in total. The Hall–Kier alpha value is -3.70. The summed E-state index contributed by atoms with van der Waals surface area (Å²) in [5.74, 6) is -1.25. The maximum absolute atomic E-state index is 14.0. The lowest BCUT2D eigenvalue weighted by molar-refractivity contribution is -0.670. The van der Waals surface area contributed by atoms with E-state index < -0.39 is 23.8 Å². The minimum atomic E-state index is -0.948. The molecule has 3 atom stereocenters. The summed E-state index contributed by atoms with van der Waals surface area (Å²) in [6, 6.07) is 6.95. The number of amides is 2. The third-order valence-corrected chi connectivity index (χ3v) is 8.93. The average Bonchev–Trinajstić information content (AvgIpc) is 3.61. The molecular weight excluding hydrogens is 552 g/mol. The van der Waals surface area contributed by atoms with Gasteiger partial charge in [0.15, 0.2) is 23.9 Å². The Morgan fingerprint density at radius 2 is 2.05 bits per heavy atom. The third-order valence-electron chi connectivity index (χ3n) is 8.93. The topological polar surface area (TPSA) is 124 Å². The first kappa shape index (κ1) is 30.7. The lowest BCUT2D eigenvalue weighted by atomic mass is 9.83. The van der Waals surface area contributed by atoms with Gasteiger partial charge in [0.25, 0.3) is 0 Å². The Morgan fingerprint density at radius 3 is 2.77 bits per heavy atom. The standard InChI is InChI=1S/C32H42N4O7/c1-3-4-13-36(24-8-7-11-33(2)17-24)29(39)19-35-18-25(22-15-23(20-37)31-27(16-22)42-21-43-31)30(32(40)41)26(35)10-14-34-12-6-5-9-28(34)38/h7-8,11,15-17,25-26,30,37H,3-6,9-10,12-14,18-21H2,1-2H3/p+1/t25-,26+,30-/m1/s1. The number of aliphatic hydroxyl groups is 1. The first-order valence-corrected chi connectivity index (χ1v) is 15.3. The second-order valence-corrected chi connectivity index (χ2v) is 11.8. The van der Waals surface area contributed by atoms with E-state index in [9.17, 15) is 24.6 Å². The molecule has 3 aliphatic heterocycles. The maximum Gasteiger partial charge on any atom is 0.308 e. The number of unbranched alkanes of at least 4 members (excludes halogenated alkanes) is 1. The van der Waals surface area contributed by atoms with Crippen molar-refractivity contribution in [2.24, 2.45) is 13.0 Å². The molecule has 43 heavy (non-hydrogen) atoms. The van der Waals surface area contributed by atoms with Crippen LogP contribution in [0.5, 0.6) is 11.5 Å². The molecule has 0 aliphatic carbocycles. The van der Waals surface area contributed by atoms with Crippen LogP contribution in [0.2, 0.25) is 0 Å². The fourth-order valence-corrected chi connectivity index (χ4v) is 6.72. The van der Waals surface area contributed by atoms with Crippen LogP contribution in [0.25, 0.3) is 0 Å². The van der Waals surface area contributed by atoms with Crippen LogP contribution in [-0.4, -0.2) is 83.4 Å². The Labute approximate surface area is 252 Å². The van der Waals surface area contributed by atoms with Crippen molar-refractivity contribution in [2.45, 2.75) is 64.0 Å². The second kappa shape index (κ2) is 13.7. The van der Waals surface area contributed by atoms with Gasteiger partial charge in [-0.25, -0.2) is 4.57 Å². The van der Waals surface area contributed by atoms with Crippen LogP contribution >= 0.6 is 0 Å². The van der Waals surface area contributed by atoms with Crippen LogP contribution in [0.15, 0.2) is 36.7 Å². The van der Waals surface area contributed by atoms with Crippen molar-refractivity contribution < 1.29 is 38.6 Å². The second-order valence-electron chi connectivity index (χ2n) is 11.8. The molecule has 5 rings (SSSR count). The molecule has 11 heteroatoms. The number of benzene rings is 1. The fraction of sp³-hybridized carbons (Fsp3) is 0.562. The summed E-state index contributed by atoms with van der Waals surface area (Å²) in [4.78, 5) is 45.2. The number of hydrogen-bond donors (Lipinski definition) is 2. The van der Waals surface area contributed by atoms with E-state index in [4.69, 9.17) is 9.47 Å². The SMILES string of the molecule is CCCCN(C(=O)CN1C[C@H](c2cc(CO)c3c(c2)OCO3)[C@@H](C(=O)O)[C@@H]1CCN1CCCCC1=O)c1ccc[n+](C)c1. The highest BCUT2D eigenvalue weighted by Gasteiger charge is 2.48. The molecular formula is C32H43N4O7+. The number of aryl methyl sites for hydroxylation is 1. The number of piperidine rings is 1. The molecule has 2 aromatic rings. The van der Waals surface area contributed by atoms with Gasteiger partial charge in [-0.1, -0.05) is 13.3 Å². The molecule has 0 radical (unpaired) electrons. The summed E-state index contributed by atoms with van der Waals surface area (Å²) in [7, 11) is 1.92. The van der Waals surface area contributed by atoms with Crippen molar-refractivity contribution in [3.8, 4) is 11.5 Å². The number of carbonyl (C=O) groups is 3. The number of carboxylic acids is 1. The zero-order valence-corrected chi connectivity index (χ0v) is 25.1. The Morgan fingerprint density at radius 1 is 1.21 bits per heavy atom. The maximum atomic E-state index is 14.0. The van der Waals surface area contributed by atoms with E-state index in [2.05, 4.69) is 6.92 Å². The lowest BCUT2D eigenvalue weighted by Crippen LogP contribution is -2.46. The summed E-state index contributed by atoms with van der Waals surface area (Å²) < 4.78 is 13.1. The van der Waals surface area contributed by atoms with Gasteiger partial charge in [0.05, 0.1) is 19.1 Å². The smallest absolute Gasteiger partial charge is 0.308 e. The third kappa shape index (κ3) is 6.78. The number of aromatic nitrogens is 1. The lowest BCUT2D eigenvalue weighted by Gasteiger charge is -2.32. The summed E-state index contributed by atoms with van der Waals surface area (Å²) in [5.41, 5.74) is 2.07. The number of likely N-dealkylation sites (tertiary alicyclic amines) is 2.